The van der Waals surface area contributed by atoms with Crippen molar-refractivity contribution in [3.63, 3.8) is 0 Å². The molecule has 0 spiro atoms. The Morgan fingerprint density at radius 2 is 2.15 bits per heavy atom. The third kappa shape index (κ3) is 5.09. The Morgan fingerprint density at radius 1 is 1.35 bits per heavy atom. The summed E-state index contributed by atoms with van der Waals surface area (Å²) in [5.41, 5.74) is 0. The summed E-state index contributed by atoms with van der Waals surface area (Å²) in [6.07, 6.45) is 1.97. The molecule has 0 aliphatic rings. The standard InChI is InChI=1S/C15H19ClN2S2/c1-11(2)7-17-8-12-9-18-15(20-12)10-19-14-6-4-3-5-13(14)16/h3-6,9,11,17H,7-8,10H2,1-2H3. The summed E-state index contributed by atoms with van der Waals surface area (Å²) in [5.74, 6) is 1.55. The number of nitrogens with one attached hydrogen (secondary N) is 1. The van der Waals surface area contributed by atoms with E-state index in [0.717, 1.165) is 33.8 Å². The van der Waals surface area contributed by atoms with Gasteiger partial charge in [0.2, 0.25) is 0 Å². The third-order valence-electron chi connectivity index (χ3n) is 2.64. The van der Waals surface area contributed by atoms with Gasteiger partial charge < -0.3 is 5.32 Å². The number of benzene rings is 1. The lowest BCUT2D eigenvalue weighted by atomic mass is 10.2. The van der Waals surface area contributed by atoms with Gasteiger partial charge in [-0.3, -0.25) is 0 Å². The monoisotopic (exact) mass is 326 g/mol. The van der Waals surface area contributed by atoms with Gasteiger partial charge in [0.05, 0.1) is 10.8 Å². The van der Waals surface area contributed by atoms with E-state index >= 15 is 0 Å². The fourth-order valence-electron chi connectivity index (χ4n) is 1.68. The second-order valence-electron chi connectivity index (χ2n) is 4.96. The van der Waals surface area contributed by atoms with Crippen LogP contribution >= 0.6 is 34.7 Å². The fraction of sp³-hybridized carbons (Fsp3) is 0.400. The van der Waals surface area contributed by atoms with Crippen molar-refractivity contribution in [2.45, 2.75) is 31.0 Å². The zero-order chi connectivity index (χ0) is 14.4. The topological polar surface area (TPSA) is 24.9 Å². The molecule has 20 heavy (non-hydrogen) atoms. The number of hydrogen-bond donors (Lipinski definition) is 1. The van der Waals surface area contributed by atoms with E-state index in [1.165, 1.54) is 4.88 Å². The van der Waals surface area contributed by atoms with Gasteiger partial charge in [0, 0.05) is 22.5 Å². The van der Waals surface area contributed by atoms with E-state index in [-0.39, 0.29) is 0 Å². The van der Waals surface area contributed by atoms with Crippen LogP contribution in [0.25, 0.3) is 0 Å². The summed E-state index contributed by atoms with van der Waals surface area (Å²) in [6, 6.07) is 7.93. The molecular formula is C15H19ClN2S2. The highest BCUT2D eigenvalue weighted by Crippen LogP contribution is 2.30. The lowest BCUT2D eigenvalue weighted by Crippen LogP contribution is -2.18. The van der Waals surface area contributed by atoms with Crippen molar-refractivity contribution in [2.24, 2.45) is 5.92 Å². The molecule has 1 N–H and O–H groups in total. The zero-order valence-electron chi connectivity index (χ0n) is 11.7. The molecule has 0 fully saturated rings. The molecule has 2 nitrogen and oxygen atoms in total. The second-order valence-corrected chi connectivity index (χ2v) is 7.59. The van der Waals surface area contributed by atoms with Crippen LogP contribution in [-0.2, 0) is 12.3 Å². The van der Waals surface area contributed by atoms with Crippen LogP contribution in [-0.4, -0.2) is 11.5 Å². The Balaban J connectivity index is 1.82. The minimum atomic E-state index is 0.679. The molecule has 0 aliphatic carbocycles. The summed E-state index contributed by atoms with van der Waals surface area (Å²) < 4.78 is 0. The SMILES string of the molecule is CC(C)CNCc1cnc(CSc2ccccc2Cl)s1. The second kappa shape index (κ2) is 8.03. The first kappa shape index (κ1) is 15.8. The van der Waals surface area contributed by atoms with Crippen molar-refractivity contribution in [3.05, 3.63) is 45.4 Å². The third-order valence-corrected chi connectivity index (χ3v) is 5.35. The number of halogens is 1. The van der Waals surface area contributed by atoms with E-state index in [9.17, 15) is 0 Å². The van der Waals surface area contributed by atoms with Crippen LogP contribution in [0.15, 0.2) is 35.4 Å². The fourth-order valence-corrected chi connectivity index (χ4v) is 3.82. The average Bonchev–Trinajstić information content (AvgIpc) is 2.85. The summed E-state index contributed by atoms with van der Waals surface area (Å²) in [5, 5.41) is 5.40. The lowest BCUT2D eigenvalue weighted by molar-refractivity contribution is 0.554. The predicted octanol–water partition coefficient (Wildman–Crippen LogP) is 4.83. The highest BCUT2D eigenvalue weighted by atomic mass is 35.5. The smallest absolute Gasteiger partial charge is 0.103 e. The highest BCUT2D eigenvalue weighted by Gasteiger charge is 2.05. The molecule has 0 atom stereocenters. The van der Waals surface area contributed by atoms with Crippen molar-refractivity contribution in [1.29, 1.82) is 0 Å². The van der Waals surface area contributed by atoms with Gasteiger partial charge in [-0.05, 0) is 24.6 Å². The molecule has 0 saturated carbocycles. The van der Waals surface area contributed by atoms with Gasteiger partial charge in [0.25, 0.3) is 0 Å². The number of rotatable bonds is 7. The van der Waals surface area contributed by atoms with Gasteiger partial charge in [0.1, 0.15) is 5.01 Å². The Kier molecular flexibility index (Phi) is 6.36. The summed E-state index contributed by atoms with van der Waals surface area (Å²) >= 11 is 9.66. The molecular weight excluding hydrogens is 308 g/mol. The van der Waals surface area contributed by atoms with Gasteiger partial charge in [-0.15, -0.1) is 23.1 Å². The predicted molar refractivity (Wildman–Crippen MR) is 89.7 cm³/mol. The normalized spacial score (nSPS) is 11.2. The number of nitrogens with zero attached hydrogens (tertiary/aromatic N) is 1. The number of thioether (sulfide) groups is 1. The number of thiazole rings is 1. The van der Waals surface area contributed by atoms with Gasteiger partial charge in [-0.25, -0.2) is 4.98 Å². The van der Waals surface area contributed by atoms with Gasteiger partial charge in [-0.1, -0.05) is 37.6 Å². The van der Waals surface area contributed by atoms with Crippen LogP contribution in [0.3, 0.4) is 0 Å². The van der Waals surface area contributed by atoms with E-state index < -0.39 is 0 Å². The van der Waals surface area contributed by atoms with Crippen LogP contribution < -0.4 is 5.32 Å². The van der Waals surface area contributed by atoms with E-state index in [1.54, 1.807) is 23.1 Å². The zero-order valence-corrected chi connectivity index (χ0v) is 14.1. The molecule has 1 aromatic carbocycles. The minimum absolute atomic E-state index is 0.679. The van der Waals surface area contributed by atoms with Crippen LogP contribution in [0.4, 0.5) is 0 Å². The van der Waals surface area contributed by atoms with Gasteiger partial charge >= 0.3 is 0 Å². The molecule has 0 saturated heterocycles. The van der Waals surface area contributed by atoms with Crippen molar-refractivity contribution >= 4 is 34.7 Å². The lowest BCUT2D eigenvalue weighted by Gasteiger charge is -2.04. The molecule has 108 valence electrons. The van der Waals surface area contributed by atoms with Crippen molar-refractivity contribution < 1.29 is 0 Å². The van der Waals surface area contributed by atoms with E-state index in [2.05, 4.69) is 24.1 Å². The Bertz CT molecular complexity index is 540. The van der Waals surface area contributed by atoms with E-state index in [1.807, 2.05) is 30.5 Å². The molecule has 1 heterocycles. The summed E-state index contributed by atoms with van der Waals surface area (Å²) in [4.78, 5) is 6.88. The maximum Gasteiger partial charge on any atom is 0.103 e. The van der Waals surface area contributed by atoms with Crippen LogP contribution in [0, 0.1) is 5.92 Å². The van der Waals surface area contributed by atoms with Crippen LogP contribution in [0.1, 0.15) is 23.7 Å². The van der Waals surface area contributed by atoms with Crippen LogP contribution in [0.5, 0.6) is 0 Å². The highest BCUT2D eigenvalue weighted by molar-refractivity contribution is 7.98. The molecule has 0 amide bonds. The largest absolute Gasteiger partial charge is 0.312 e. The first-order valence-corrected chi connectivity index (χ1v) is 8.85. The molecule has 1 aromatic heterocycles. The Hall–Kier alpha value is -0.550. The first-order chi connectivity index (χ1) is 9.65. The molecule has 0 unspecified atom stereocenters. The molecule has 0 bridgehead atoms. The Labute approximate surface area is 134 Å². The average molecular weight is 327 g/mol. The number of aromatic nitrogens is 1. The maximum atomic E-state index is 6.15. The van der Waals surface area contributed by atoms with Crippen molar-refractivity contribution in [2.75, 3.05) is 6.54 Å². The minimum Gasteiger partial charge on any atom is -0.312 e. The van der Waals surface area contributed by atoms with Crippen LogP contribution in [0.2, 0.25) is 5.02 Å². The van der Waals surface area contributed by atoms with Gasteiger partial charge in [0.15, 0.2) is 0 Å². The molecule has 0 aliphatic heterocycles. The maximum absolute atomic E-state index is 6.15. The summed E-state index contributed by atoms with van der Waals surface area (Å²) in [7, 11) is 0. The number of hydrogen-bond acceptors (Lipinski definition) is 4. The quantitative estimate of drug-likeness (QED) is 0.737. The van der Waals surface area contributed by atoms with E-state index in [0.29, 0.717) is 5.92 Å². The van der Waals surface area contributed by atoms with Crippen molar-refractivity contribution in [3.8, 4) is 0 Å². The summed E-state index contributed by atoms with van der Waals surface area (Å²) in [6.45, 7) is 6.38. The first-order valence-electron chi connectivity index (χ1n) is 6.67. The molecule has 2 aromatic rings. The molecule has 2 rings (SSSR count). The van der Waals surface area contributed by atoms with E-state index in [4.69, 9.17) is 11.6 Å². The van der Waals surface area contributed by atoms with Gasteiger partial charge in [-0.2, -0.15) is 0 Å². The molecule has 5 heteroatoms. The Morgan fingerprint density at radius 3 is 2.90 bits per heavy atom. The van der Waals surface area contributed by atoms with Crippen molar-refractivity contribution in [1.82, 2.24) is 10.3 Å². The molecule has 0 radical (unpaired) electrons.